The lowest BCUT2D eigenvalue weighted by molar-refractivity contribution is 0.174. The van der Waals surface area contributed by atoms with E-state index in [1.807, 2.05) is 6.07 Å². The number of fused-ring (bicyclic) bond motifs is 1. The lowest BCUT2D eigenvalue weighted by Gasteiger charge is -2.37. The van der Waals surface area contributed by atoms with Crippen molar-refractivity contribution in [3.8, 4) is 11.5 Å². The second-order valence-corrected chi connectivity index (χ2v) is 5.98. The number of rotatable bonds is 1. The van der Waals surface area contributed by atoms with Crippen molar-refractivity contribution < 1.29 is 9.47 Å². The summed E-state index contributed by atoms with van der Waals surface area (Å²) in [5.74, 6) is 1.72. The van der Waals surface area contributed by atoms with E-state index in [9.17, 15) is 0 Å². The molecule has 0 spiro atoms. The highest BCUT2D eigenvalue weighted by Crippen LogP contribution is 2.36. The van der Waals surface area contributed by atoms with E-state index in [0.29, 0.717) is 6.79 Å². The first-order valence-corrected chi connectivity index (χ1v) is 7.04. The molecule has 0 amide bonds. The molecule has 1 aromatic carbocycles. The summed E-state index contributed by atoms with van der Waals surface area (Å²) < 4.78 is 10.8. The van der Waals surface area contributed by atoms with E-state index in [1.165, 1.54) is 18.5 Å². The molecule has 0 radical (unpaired) electrons. The van der Waals surface area contributed by atoms with Gasteiger partial charge in [-0.05, 0) is 45.4 Å². The number of benzene rings is 1. The summed E-state index contributed by atoms with van der Waals surface area (Å²) in [6.07, 6.45) is 2.45. The number of nitrogens with zero attached hydrogens (tertiary/aromatic N) is 1. The minimum atomic E-state index is 0.136. The zero-order valence-electron chi connectivity index (χ0n) is 11.7. The van der Waals surface area contributed by atoms with Gasteiger partial charge in [-0.25, -0.2) is 0 Å². The first-order chi connectivity index (χ1) is 9.14. The van der Waals surface area contributed by atoms with E-state index in [2.05, 4.69) is 36.2 Å². The quantitative estimate of drug-likeness (QED) is 0.842. The van der Waals surface area contributed by atoms with Gasteiger partial charge in [0.2, 0.25) is 6.79 Å². The number of hydrogen-bond acceptors (Lipinski definition) is 4. The highest BCUT2D eigenvalue weighted by molar-refractivity contribution is 5.57. The summed E-state index contributed by atoms with van der Waals surface area (Å²) in [4.78, 5) is 2.44. The Kier molecular flexibility index (Phi) is 3.27. The number of hydrogen-bond donors (Lipinski definition) is 1. The molecule has 2 heterocycles. The molecule has 19 heavy (non-hydrogen) atoms. The van der Waals surface area contributed by atoms with Gasteiger partial charge in [0.05, 0.1) is 0 Å². The van der Waals surface area contributed by atoms with Crippen LogP contribution in [0.5, 0.6) is 11.5 Å². The fraction of sp³-hybridized carbons (Fsp3) is 0.600. The van der Waals surface area contributed by atoms with Gasteiger partial charge in [-0.1, -0.05) is 0 Å². The summed E-state index contributed by atoms with van der Waals surface area (Å²) in [6, 6.07) is 6.24. The Labute approximate surface area is 114 Å². The van der Waals surface area contributed by atoms with Crippen LogP contribution in [0.2, 0.25) is 0 Å². The summed E-state index contributed by atoms with van der Waals surface area (Å²) >= 11 is 0. The largest absolute Gasteiger partial charge is 0.454 e. The second kappa shape index (κ2) is 4.93. The van der Waals surface area contributed by atoms with E-state index >= 15 is 0 Å². The van der Waals surface area contributed by atoms with Gasteiger partial charge < -0.3 is 19.7 Å². The predicted octanol–water partition coefficient (Wildman–Crippen LogP) is 2.38. The molecule has 4 heteroatoms. The molecule has 1 fully saturated rings. The molecule has 4 nitrogen and oxygen atoms in total. The standard InChI is InChI=1S/C15H22N2O2/c1-15(2)10-17(8-4-3-7-16-15)12-5-6-13-14(9-12)19-11-18-13/h5-6,9,16H,3-4,7-8,10-11H2,1-2H3. The van der Waals surface area contributed by atoms with Crippen molar-refractivity contribution in [1.82, 2.24) is 5.32 Å². The fourth-order valence-corrected chi connectivity index (χ4v) is 2.77. The van der Waals surface area contributed by atoms with E-state index in [-0.39, 0.29) is 5.54 Å². The number of anilines is 1. The molecule has 0 saturated carbocycles. The predicted molar refractivity (Wildman–Crippen MR) is 76.1 cm³/mol. The Morgan fingerprint density at radius 2 is 2.00 bits per heavy atom. The topological polar surface area (TPSA) is 33.7 Å². The fourth-order valence-electron chi connectivity index (χ4n) is 2.77. The van der Waals surface area contributed by atoms with Gasteiger partial charge >= 0.3 is 0 Å². The van der Waals surface area contributed by atoms with Crippen molar-refractivity contribution in [3.63, 3.8) is 0 Å². The van der Waals surface area contributed by atoms with Crippen LogP contribution in [0.1, 0.15) is 26.7 Å². The van der Waals surface area contributed by atoms with Crippen molar-refractivity contribution in [2.45, 2.75) is 32.2 Å². The van der Waals surface area contributed by atoms with Crippen LogP contribution in [0, 0.1) is 0 Å². The van der Waals surface area contributed by atoms with Gasteiger partial charge in [-0.3, -0.25) is 0 Å². The molecular formula is C15H22N2O2. The maximum Gasteiger partial charge on any atom is 0.231 e. The zero-order chi connectivity index (χ0) is 13.3. The second-order valence-electron chi connectivity index (χ2n) is 5.98. The van der Waals surface area contributed by atoms with E-state index in [4.69, 9.17) is 9.47 Å². The first kappa shape index (κ1) is 12.6. The molecule has 1 saturated heterocycles. The molecule has 1 N–H and O–H groups in total. The van der Waals surface area contributed by atoms with Gasteiger partial charge in [0.25, 0.3) is 0 Å². The lowest BCUT2D eigenvalue weighted by atomic mass is 10.0. The zero-order valence-corrected chi connectivity index (χ0v) is 11.7. The molecule has 1 aromatic rings. The average Bonchev–Trinajstić information content (AvgIpc) is 2.81. The third kappa shape index (κ3) is 2.78. The van der Waals surface area contributed by atoms with Crippen molar-refractivity contribution >= 4 is 5.69 Å². The van der Waals surface area contributed by atoms with Crippen LogP contribution >= 0.6 is 0 Å². The average molecular weight is 262 g/mol. The summed E-state index contributed by atoms with van der Waals surface area (Å²) in [5, 5.41) is 3.62. The Morgan fingerprint density at radius 1 is 1.16 bits per heavy atom. The molecule has 0 unspecified atom stereocenters. The molecule has 2 aliphatic rings. The van der Waals surface area contributed by atoms with Crippen LogP contribution in [0.15, 0.2) is 18.2 Å². The summed E-state index contributed by atoms with van der Waals surface area (Å²) in [6.45, 7) is 8.09. The SMILES string of the molecule is CC1(C)CN(c2ccc3c(c2)OCO3)CCCCN1. The molecule has 0 atom stereocenters. The monoisotopic (exact) mass is 262 g/mol. The minimum absolute atomic E-state index is 0.136. The van der Waals surface area contributed by atoms with Crippen molar-refractivity contribution in [3.05, 3.63) is 18.2 Å². The molecular weight excluding hydrogens is 240 g/mol. The maximum absolute atomic E-state index is 5.47. The minimum Gasteiger partial charge on any atom is -0.454 e. The Hall–Kier alpha value is -1.42. The Balaban J connectivity index is 1.82. The number of ether oxygens (including phenoxy) is 2. The molecule has 104 valence electrons. The third-order valence-electron chi connectivity index (χ3n) is 3.77. The van der Waals surface area contributed by atoms with Gasteiger partial charge in [-0.15, -0.1) is 0 Å². The van der Waals surface area contributed by atoms with Crippen molar-refractivity contribution in [2.24, 2.45) is 0 Å². The molecule has 2 aliphatic heterocycles. The maximum atomic E-state index is 5.47. The lowest BCUT2D eigenvalue weighted by Crippen LogP contribution is -2.51. The van der Waals surface area contributed by atoms with Crippen LogP contribution in [0.25, 0.3) is 0 Å². The van der Waals surface area contributed by atoms with Crippen LogP contribution in [0.4, 0.5) is 5.69 Å². The summed E-state index contributed by atoms with van der Waals surface area (Å²) in [5.41, 5.74) is 1.36. The van der Waals surface area contributed by atoms with Crippen molar-refractivity contribution in [2.75, 3.05) is 31.3 Å². The van der Waals surface area contributed by atoms with E-state index < -0.39 is 0 Å². The van der Waals surface area contributed by atoms with E-state index in [1.54, 1.807) is 0 Å². The first-order valence-electron chi connectivity index (χ1n) is 7.04. The molecule has 0 aromatic heterocycles. The third-order valence-corrected chi connectivity index (χ3v) is 3.77. The Bertz CT molecular complexity index is 459. The smallest absolute Gasteiger partial charge is 0.231 e. The van der Waals surface area contributed by atoms with Crippen LogP contribution in [-0.2, 0) is 0 Å². The normalized spacial score (nSPS) is 21.9. The molecule has 3 rings (SSSR count). The van der Waals surface area contributed by atoms with Gasteiger partial charge in [-0.2, -0.15) is 0 Å². The van der Waals surface area contributed by atoms with Gasteiger partial charge in [0.15, 0.2) is 11.5 Å². The van der Waals surface area contributed by atoms with Crippen LogP contribution in [0.3, 0.4) is 0 Å². The van der Waals surface area contributed by atoms with Gasteiger partial charge in [0.1, 0.15) is 0 Å². The number of nitrogens with one attached hydrogen (secondary N) is 1. The van der Waals surface area contributed by atoms with Crippen LogP contribution < -0.4 is 19.7 Å². The molecule has 0 aliphatic carbocycles. The van der Waals surface area contributed by atoms with Gasteiger partial charge in [0, 0.05) is 30.4 Å². The highest BCUT2D eigenvalue weighted by atomic mass is 16.7. The highest BCUT2D eigenvalue weighted by Gasteiger charge is 2.24. The summed E-state index contributed by atoms with van der Waals surface area (Å²) in [7, 11) is 0. The van der Waals surface area contributed by atoms with Crippen molar-refractivity contribution in [1.29, 1.82) is 0 Å². The van der Waals surface area contributed by atoms with E-state index in [0.717, 1.165) is 31.1 Å². The molecule has 0 bridgehead atoms. The Morgan fingerprint density at radius 3 is 2.89 bits per heavy atom. The van der Waals surface area contributed by atoms with Crippen LogP contribution in [-0.4, -0.2) is 32.0 Å².